The second-order valence-electron chi connectivity index (χ2n) is 9.99. The van der Waals surface area contributed by atoms with Crippen LogP contribution in [0.2, 0.25) is 0 Å². The number of nitrogens with zero attached hydrogens (tertiary/aromatic N) is 3. The molecule has 3 aromatic rings. The van der Waals surface area contributed by atoms with Crippen LogP contribution in [0.4, 0.5) is 10.1 Å². The predicted molar refractivity (Wildman–Crippen MR) is 137 cm³/mol. The number of anilines is 1. The van der Waals surface area contributed by atoms with Crippen molar-refractivity contribution in [2.45, 2.75) is 44.4 Å². The topological polar surface area (TPSA) is 83.6 Å². The zero-order chi connectivity index (χ0) is 25.4. The smallest absolute Gasteiger partial charge is 0.268 e. The van der Waals surface area contributed by atoms with Crippen molar-refractivity contribution in [2.75, 3.05) is 26.4 Å². The van der Waals surface area contributed by atoms with Crippen LogP contribution in [0, 0.1) is 5.82 Å². The molecule has 1 aliphatic heterocycles. The van der Waals surface area contributed by atoms with Gasteiger partial charge in [-0.25, -0.2) is 4.39 Å². The van der Waals surface area contributed by atoms with Crippen LogP contribution >= 0.6 is 0 Å². The van der Waals surface area contributed by atoms with E-state index in [1.165, 1.54) is 17.3 Å². The highest BCUT2D eigenvalue weighted by Gasteiger charge is 2.48. The Morgan fingerprint density at radius 3 is 2.44 bits per heavy atom. The SMILES string of the molecule is CN(C)C(=O)c1ccc(CN2CCn3c(C(=O)NCc4ccc(N)cc4F)ccc3C23CCC3)cc1. The maximum atomic E-state index is 14.1. The molecule has 1 spiro atoms. The van der Waals surface area contributed by atoms with Gasteiger partial charge in [-0.05, 0) is 61.2 Å². The zero-order valence-electron chi connectivity index (χ0n) is 20.8. The number of amides is 2. The average molecular weight is 490 g/mol. The molecule has 1 fully saturated rings. The van der Waals surface area contributed by atoms with Crippen LogP contribution in [0.5, 0.6) is 0 Å². The van der Waals surface area contributed by atoms with Crippen molar-refractivity contribution in [2.24, 2.45) is 0 Å². The number of carbonyl (C=O) groups excluding carboxylic acids is 2. The molecule has 2 heterocycles. The van der Waals surface area contributed by atoms with Crippen LogP contribution in [-0.4, -0.2) is 46.8 Å². The number of rotatable bonds is 6. The van der Waals surface area contributed by atoms with Crippen molar-refractivity contribution in [3.05, 3.63) is 88.5 Å². The van der Waals surface area contributed by atoms with E-state index < -0.39 is 5.82 Å². The normalized spacial score (nSPS) is 16.3. The Bertz CT molecular complexity index is 1290. The number of hydrogen-bond donors (Lipinski definition) is 2. The van der Waals surface area contributed by atoms with Gasteiger partial charge in [-0.2, -0.15) is 0 Å². The molecule has 0 atom stereocenters. The minimum absolute atomic E-state index is 0.00208. The third-order valence-corrected chi connectivity index (χ3v) is 7.57. The second-order valence-corrected chi connectivity index (χ2v) is 9.99. The van der Waals surface area contributed by atoms with Gasteiger partial charge in [0.2, 0.25) is 0 Å². The summed E-state index contributed by atoms with van der Waals surface area (Å²) >= 11 is 0. The quantitative estimate of drug-likeness (QED) is 0.517. The summed E-state index contributed by atoms with van der Waals surface area (Å²) in [5, 5.41) is 2.86. The highest BCUT2D eigenvalue weighted by molar-refractivity contribution is 5.94. The molecule has 0 unspecified atom stereocenters. The Balaban J connectivity index is 1.31. The molecule has 8 heteroatoms. The fraction of sp³-hybridized carbons (Fsp3) is 0.357. The van der Waals surface area contributed by atoms with Gasteiger partial charge < -0.3 is 20.5 Å². The van der Waals surface area contributed by atoms with Crippen molar-refractivity contribution in [1.29, 1.82) is 0 Å². The summed E-state index contributed by atoms with van der Waals surface area (Å²) in [4.78, 5) is 29.3. The number of aromatic nitrogens is 1. The van der Waals surface area contributed by atoms with E-state index in [0.717, 1.165) is 32.4 Å². The van der Waals surface area contributed by atoms with Gasteiger partial charge in [0.25, 0.3) is 11.8 Å². The monoisotopic (exact) mass is 489 g/mol. The number of carbonyl (C=O) groups is 2. The number of nitrogen functional groups attached to an aromatic ring is 1. The molecule has 188 valence electrons. The Hall–Kier alpha value is -3.65. The molecule has 36 heavy (non-hydrogen) atoms. The molecule has 1 aliphatic carbocycles. The van der Waals surface area contributed by atoms with E-state index in [-0.39, 0.29) is 23.9 Å². The first kappa shape index (κ1) is 24.1. The van der Waals surface area contributed by atoms with Crippen LogP contribution < -0.4 is 11.1 Å². The van der Waals surface area contributed by atoms with E-state index in [4.69, 9.17) is 5.73 Å². The summed E-state index contributed by atoms with van der Waals surface area (Å²) in [6.07, 6.45) is 3.24. The highest BCUT2D eigenvalue weighted by Crippen LogP contribution is 2.49. The number of nitrogens with two attached hydrogens (primary N) is 1. The van der Waals surface area contributed by atoms with E-state index in [0.29, 0.717) is 29.1 Å². The lowest BCUT2D eigenvalue weighted by Gasteiger charge is -2.53. The van der Waals surface area contributed by atoms with Gasteiger partial charge in [0.1, 0.15) is 11.5 Å². The number of hydrogen-bond acceptors (Lipinski definition) is 4. The summed E-state index contributed by atoms with van der Waals surface area (Å²) in [6, 6.07) is 16.3. The summed E-state index contributed by atoms with van der Waals surface area (Å²) < 4.78 is 16.3. The number of fused-ring (bicyclic) bond motifs is 2. The van der Waals surface area contributed by atoms with Crippen LogP contribution in [0.3, 0.4) is 0 Å². The fourth-order valence-corrected chi connectivity index (χ4v) is 5.43. The fourth-order valence-electron chi connectivity index (χ4n) is 5.43. The standard InChI is InChI=1S/C28H32FN5O2/c1-32(2)27(36)20-6-4-19(5-7-20)18-33-14-15-34-24(10-11-25(34)28(33)12-3-13-28)26(35)31-17-21-8-9-22(30)16-23(21)29/h4-11,16H,3,12-15,17-18,30H2,1-2H3,(H,31,35). The molecule has 2 aromatic carbocycles. The molecule has 5 rings (SSSR count). The van der Waals surface area contributed by atoms with E-state index in [1.807, 2.05) is 30.3 Å². The Kier molecular flexibility index (Phi) is 6.30. The maximum Gasteiger partial charge on any atom is 0.268 e. The third-order valence-electron chi connectivity index (χ3n) is 7.57. The molecule has 2 aliphatic rings. The number of benzene rings is 2. The van der Waals surface area contributed by atoms with Crippen LogP contribution in [0.25, 0.3) is 0 Å². The third kappa shape index (κ3) is 4.26. The lowest BCUT2D eigenvalue weighted by atomic mass is 9.71. The Labute approximate surface area is 210 Å². The van der Waals surface area contributed by atoms with Crippen molar-refractivity contribution < 1.29 is 14.0 Å². The second kappa shape index (κ2) is 9.43. The minimum Gasteiger partial charge on any atom is -0.399 e. The summed E-state index contributed by atoms with van der Waals surface area (Å²) in [7, 11) is 3.51. The number of nitrogens with one attached hydrogen (secondary N) is 1. The van der Waals surface area contributed by atoms with E-state index >= 15 is 0 Å². The van der Waals surface area contributed by atoms with Crippen molar-refractivity contribution in [3.8, 4) is 0 Å². The number of halogens is 1. The minimum atomic E-state index is -0.421. The van der Waals surface area contributed by atoms with Gasteiger partial charge in [-0.15, -0.1) is 0 Å². The van der Waals surface area contributed by atoms with Gasteiger partial charge in [-0.3, -0.25) is 14.5 Å². The Morgan fingerprint density at radius 1 is 1.06 bits per heavy atom. The molecule has 1 aromatic heterocycles. The largest absolute Gasteiger partial charge is 0.399 e. The molecule has 2 amide bonds. The van der Waals surface area contributed by atoms with Gasteiger partial charge >= 0.3 is 0 Å². The van der Waals surface area contributed by atoms with Crippen LogP contribution in [-0.2, 0) is 25.2 Å². The molecule has 0 saturated heterocycles. The lowest BCUT2D eigenvalue weighted by Crippen LogP contribution is -2.56. The lowest BCUT2D eigenvalue weighted by molar-refractivity contribution is -0.0217. The van der Waals surface area contributed by atoms with E-state index in [9.17, 15) is 14.0 Å². The average Bonchev–Trinajstić information content (AvgIpc) is 3.26. The molecule has 0 radical (unpaired) electrons. The summed E-state index contributed by atoms with van der Waals surface area (Å²) in [5.74, 6) is -0.630. The van der Waals surface area contributed by atoms with Gasteiger partial charge in [0.15, 0.2) is 0 Å². The van der Waals surface area contributed by atoms with Gasteiger partial charge in [0.05, 0.1) is 5.54 Å². The van der Waals surface area contributed by atoms with Crippen LogP contribution in [0.1, 0.15) is 56.9 Å². The molecule has 7 nitrogen and oxygen atoms in total. The first-order valence-electron chi connectivity index (χ1n) is 12.4. The summed E-state index contributed by atoms with van der Waals surface area (Å²) in [6.45, 7) is 2.43. The van der Waals surface area contributed by atoms with Crippen LogP contribution in [0.15, 0.2) is 54.6 Å². The van der Waals surface area contributed by atoms with Crippen molar-refractivity contribution in [1.82, 2.24) is 19.7 Å². The van der Waals surface area contributed by atoms with Gasteiger partial charge in [0, 0.05) is 62.8 Å². The first-order chi connectivity index (χ1) is 17.3. The van der Waals surface area contributed by atoms with Gasteiger partial charge in [-0.1, -0.05) is 18.2 Å². The molecular formula is C28H32FN5O2. The first-order valence-corrected chi connectivity index (χ1v) is 12.4. The Morgan fingerprint density at radius 2 is 1.81 bits per heavy atom. The predicted octanol–water partition coefficient (Wildman–Crippen LogP) is 3.74. The van der Waals surface area contributed by atoms with Crippen molar-refractivity contribution in [3.63, 3.8) is 0 Å². The van der Waals surface area contributed by atoms with Crippen molar-refractivity contribution >= 4 is 17.5 Å². The maximum absolute atomic E-state index is 14.1. The van der Waals surface area contributed by atoms with E-state index in [1.54, 1.807) is 31.1 Å². The summed E-state index contributed by atoms with van der Waals surface area (Å²) in [5.41, 5.74) is 9.93. The highest BCUT2D eigenvalue weighted by atomic mass is 19.1. The molecule has 3 N–H and O–H groups in total. The zero-order valence-corrected chi connectivity index (χ0v) is 20.8. The van der Waals surface area contributed by atoms with E-state index in [2.05, 4.69) is 20.9 Å². The molecule has 0 bridgehead atoms. The molecule has 1 saturated carbocycles. The molecular weight excluding hydrogens is 457 g/mol.